The second-order valence-corrected chi connectivity index (χ2v) is 5.27. The number of likely N-dealkylation sites (tertiary alicyclic amines) is 1. The largest absolute Gasteiger partial charge is 0.338 e. The van der Waals surface area contributed by atoms with E-state index >= 15 is 0 Å². The third-order valence-corrected chi connectivity index (χ3v) is 4.13. The van der Waals surface area contributed by atoms with Crippen LogP contribution in [-0.2, 0) is 17.9 Å². The summed E-state index contributed by atoms with van der Waals surface area (Å²) in [6.45, 7) is 8.47. The Morgan fingerprint density at radius 1 is 1.44 bits per heavy atom. The van der Waals surface area contributed by atoms with Gasteiger partial charge in [-0.15, -0.1) is 11.6 Å². The summed E-state index contributed by atoms with van der Waals surface area (Å²) >= 11 is 5.84. The van der Waals surface area contributed by atoms with E-state index in [4.69, 9.17) is 11.6 Å². The Bertz CT molecular complexity index is 455. The van der Waals surface area contributed by atoms with Crippen LogP contribution in [0.25, 0.3) is 0 Å². The molecule has 1 fully saturated rings. The van der Waals surface area contributed by atoms with Crippen molar-refractivity contribution >= 4 is 17.5 Å². The first kappa shape index (κ1) is 13.4. The van der Waals surface area contributed by atoms with Gasteiger partial charge in [0.05, 0.1) is 5.69 Å². The van der Waals surface area contributed by atoms with Crippen molar-refractivity contribution in [3.8, 4) is 0 Å². The highest BCUT2D eigenvalue weighted by atomic mass is 35.5. The molecule has 0 saturated carbocycles. The Balaban J connectivity index is 2.15. The highest BCUT2D eigenvalue weighted by Gasteiger charge is 2.29. The molecule has 1 aromatic heterocycles. The molecule has 2 rings (SSSR count). The fraction of sp³-hybridized carbons (Fsp3) is 0.692. The fourth-order valence-corrected chi connectivity index (χ4v) is 2.78. The summed E-state index contributed by atoms with van der Waals surface area (Å²) in [5, 5.41) is 4.49. The molecule has 0 bridgehead atoms. The summed E-state index contributed by atoms with van der Waals surface area (Å²) in [5.74, 6) is 1.08. The molecule has 100 valence electrons. The van der Waals surface area contributed by atoms with Gasteiger partial charge in [0.25, 0.3) is 0 Å². The average molecular weight is 270 g/mol. The summed E-state index contributed by atoms with van der Waals surface area (Å²) in [4.78, 5) is 13.8. The molecule has 0 aromatic carbocycles. The van der Waals surface area contributed by atoms with Crippen molar-refractivity contribution in [3.63, 3.8) is 0 Å². The van der Waals surface area contributed by atoms with Crippen LogP contribution in [0.5, 0.6) is 0 Å². The Labute approximate surface area is 113 Å². The molecule has 0 aliphatic carbocycles. The minimum absolute atomic E-state index is 0.212. The first-order valence-electron chi connectivity index (χ1n) is 6.43. The minimum atomic E-state index is 0.212. The van der Waals surface area contributed by atoms with Gasteiger partial charge in [0.15, 0.2) is 0 Å². The molecular formula is C13H20ClN3O. The normalized spacial score (nSPS) is 19.9. The van der Waals surface area contributed by atoms with E-state index in [0.29, 0.717) is 24.8 Å². The molecule has 0 radical (unpaired) electrons. The molecule has 5 heteroatoms. The number of carbonyl (C=O) groups is 1. The number of hydrogen-bond acceptors (Lipinski definition) is 2. The summed E-state index contributed by atoms with van der Waals surface area (Å²) in [6, 6.07) is 0. The molecule has 18 heavy (non-hydrogen) atoms. The van der Waals surface area contributed by atoms with Crippen LogP contribution < -0.4 is 0 Å². The second kappa shape index (κ2) is 5.31. The predicted molar refractivity (Wildman–Crippen MR) is 71.6 cm³/mol. The predicted octanol–water partition coefficient (Wildman–Crippen LogP) is 2.11. The molecule has 2 heterocycles. The highest BCUT2D eigenvalue weighted by Crippen LogP contribution is 2.23. The van der Waals surface area contributed by atoms with E-state index in [1.54, 1.807) is 0 Å². The van der Waals surface area contributed by atoms with Crippen LogP contribution in [0.15, 0.2) is 0 Å². The van der Waals surface area contributed by atoms with Crippen molar-refractivity contribution in [2.75, 3.05) is 12.4 Å². The van der Waals surface area contributed by atoms with Gasteiger partial charge < -0.3 is 4.90 Å². The fourth-order valence-electron chi connectivity index (χ4n) is 2.57. The molecule has 0 N–H and O–H groups in total. The zero-order valence-corrected chi connectivity index (χ0v) is 12.0. The third-order valence-electron chi connectivity index (χ3n) is 3.69. The van der Waals surface area contributed by atoms with Gasteiger partial charge in [-0.1, -0.05) is 0 Å². The summed E-state index contributed by atoms with van der Waals surface area (Å²) < 4.78 is 1.99. The van der Waals surface area contributed by atoms with Crippen LogP contribution >= 0.6 is 11.6 Å². The Kier molecular flexibility index (Phi) is 3.95. The van der Waals surface area contributed by atoms with Crippen molar-refractivity contribution in [2.45, 2.75) is 40.3 Å². The maximum Gasteiger partial charge on any atom is 0.223 e. The van der Waals surface area contributed by atoms with E-state index < -0.39 is 0 Å². The van der Waals surface area contributed by atoms with Gasteiger partial charge >= 0.3 is 0 Å². The van der Waals surface area contributed by atoms with E-state index in [2.05, 4.69) is 18.9 Å². The van der Waals surface area contributed by atoms with Gasteiger partial charge in [-0.2, -0.15) is 5.10 Å². The number of amides is 1. The number of nitrogens with zero attached hydrogens (tertiary/aromatic N) is 3. The van der Waals surface area contributed by atoms with E-state index in [1.165, 1.54) is 5.56 Å². The van der Waals surface area contributed by atoms with Gasteiger partial charge in [0.1, 0.15) is 0 Å². The average Bonchev–Trinajstić information content (AvgIpc) is 2.84. The van der Waals surface area contributed by atoms with Gasteiger partial charge in [0.2, 0.25) is 5.91 Å². The molecule has 1 aromatic rings. The first-order chi connectivity index (χ1) is 8.56. The van der Waals surface area contributed by atoms with Crippen LogP contribution in [0.1, 0.15) is 30.3 Å². The number of rotatable bonds is 4. The van der Waals surface area contributed by atoms with Crippen LogP contribution in [0.3, 0.4) is 0 Å². The monoisotopic (exact) mass is 269 g/mol. The van der Waals surface area contributed by atoms with Gasteiger partial charge in [0, 0.05) is 43.2 Å². The van der Waals surface area contributed by atoms with Gasteiger partial charge in [-0.3, -0.25) is 9.48 Å². The molecular weight excluding hydrogens is 250 g/mol. The van der Waals surface area contributed by atoms with E-state index in [-0.39, 0.29) is 5.91 Å². The number of carbonyl (C=O) groups excluding carboxylic acids is 1. The highest BCUT2D eigenvalue weighted by molar-refractivity contribution is 6.18. The van der Waals surface area contributed by atoms with Crippen LogP contribution in [0, 0.1) is 19.8 Å². The van der Waals surface area contributed by atoms with Crippen molar-refractivity contribution in [2.24, 2.45) is 5.92 Å². The lowest BCUT2D eigenvalue weighted by atomic mass is 10.1. The topological polar surface area (TPSA) is 38.1 Å². The van der Waals surface area contributed by atoms with E-state index in [9.17, 15) is 4.79 Å². The molecule has 1 atom stereocenters. The Hall–Kier alpha value is -1.03. The van der Waals surface area contributed by atoms with Crippen molar-refractivity contribution in [3.05, 3.63) is 17.0 Å². The smallest absolute Gasteiger partial charge is 0.223 e. The van der Waals surface area contributed by atoms with Gasteiger partial charge in [-0.05, 0) is 26.7 Å². The zero-order chi connectivity index (χ0) is 13.3. The first-order valence-corrected chi connectivity index (χ1v) is 6.96. The SMILES string of the molecule is CCn1nc(C)c(CN2CC(CCl)CC2=O)c1C. The van der Waals surface area contributed by atoms with Crippen molar-refractivity contribution < 1.29 is 4.79 Å². The number of alkyl halides is 1. The molecule has 1 unspecified atom stereocenters. The lowest BCUT2D eigenvalue weighted by Gasteiger charge is -2.16. The Morgan fingerprint density at radius 2 is 2.17 bits per heavy atom. The molecule has 0 spiro atoms. The maximum absolute atomic E-state index is 11.9. The van der Waals surface area contributed by atoms with Crippen LogP contribution in [-0.4, -0.2) is 33.0 Å². The van der Waals surface area contributed by atoms with E-state index in [0.717, 1.165) is 24.5 Å². The molecule has 1 saturated heterocycles. The molecule has 4 nitrogen and oxygen atoms in total. The standard InChI is InChI=1S/C13H20ClN3O/c1-4-17-10(3)12(9(2)15-17)8-16-7-11(6-14)5-13(16)18/h11H,4-8H2,1-3H3. The lowest BCUT2D eigenvalue weighted by Crippen LogP contribution is -2.25. The summed E-state index contributed by atoms with van der Waals surface area (Å²) in [5.41, 5.74) is 3.37. The summed E-state index contributed by atoms with van der Waals surface area (Å²) in [7, 11) is 0. The Morgan fingerprint density at radius 3 is 2.67 bits per heavy atom. The third kappa shape index (κ3) is 2.39. The maximum atomic E-state index is 11.9. The lowest BCUT2D eigenvalue weighted by molar-refractivity contribution is -0.128. The molecule has 1 aliphatic rings. The quantitative estimate of drug-likeness (QED) is 0.785. The molecule has 1 aliphatic heterocycles. The van der Waals surface area contributed by atoms with Gasteiger partial charge in [-0.25, -0.2) is 0 Å². The number of hydrogen-bond donors (Lipinski definition) is 0. The summed E-state index contributed by atoms with van der Waals surface area (Å²) in [6.07, 6.45) is 0.587. The zero-order valence-electron chi connectivity index (χ0n) is 11.2. The van der Waals surface area contributed by atoms with Crippen LogP contribution in [0.2, 0.25) is 0 Å². The van der Waals surface area contributed by atoms with Crippen molar-refractivity contribution in [1.29, 1.82) is 0 Å². The second-order valence-electron chi connectivity index (χ2n) is 4.96. The molecule has 1 amide bonds. The van der Waals surface area contributed by atoms with Crippen molar-refractivity contribution in [1.82, 2.24) is 14.7 Å². The number of aromatic nitrogens is 2. The van der Waals surface area contributed by atoms with E-state index in [1.807, 2.05) is 16.5 Å². The number of halogens is 1. The minimum Gasteiger partial charge on any atom is -0.338 e. The van der Waals surface area contributed by atoms with Crippen LogP contribution in [0.4, 0.5) is 0 Å². The number of aryl methyl sites for hydroxylation is 2.